The zero-order valence-electron chi connectivity index (χ0n) is 9.56. The molecule has 1 aromatic heterocycles. The summed E-state index contributed by atoms with van der Waals surface area (Å²) in [7, 11) is 0. The van der Waals surface area contributed by atoms with Crippen molar-refractivity contribution in [2.45, 2.75) is 31.8 Å². The van der Waals surface area contributed by atoms with Crippen molar-refractivity contribution in [1.82, 2.24) is 9.97 Å². The number of halogens is 1. The summed E-state index contributed by atoms with van der Waals surface area (Å²) in [5.41, 5.74) is 5.50. The average Bonchev–Trinajstić information content (AvgIpc) is 2.30. The molecule has 2 atom stereocenters. The Kier molecular flexibility index (Phi) is 4.02. The lowest BCUT2D eigenvalue weighted by molar-refractivity contribution is 0.104. The third kappa shape index (κ3) is 3.44. The zero-order valence-corrected chi connectivity index (χ0v) is 10.3. The lowest BCUT2D eigenvalue weighted by Crippen LogP contribution is -2.25. The van der Waals surface area contributed by atoms with Crippen molar-refractivity contribution >= 4 is 23.4 Å². The number of nitrogen functional groups attached to an aromatic ring is 1. The number of aromatic nitrogens is 2. The van der Waals surface area contributed by atoms with Crippen molar-refractivity contribution in [3.8, 4) is 0 Å². The molecule has 0 saturated heterocycles. The number of hydrogen-bond donors (Lipinski definition) is 3. The minimum absolute atomic E-state index is 0.165. The van der Waals surface area contributed by atoms with Crippen LogP contribution < -0.4 is 11.1 Å². The molecule has 1 aliphatic carbocycles. The van der Waals surface area contributed by atoms with E-state index in [1.165, 1.54) is 6.20 Å². The zero-order chi connectivity index (χ0) is 12.3. The second-order valence-electron chi connectivity index (χ2n) is 4.49. The third-order valence-electron chi connectivity index (χ3n) is 3.08. The number of nitrogens with zero attached hydrogens (tertiary/aromatic N) is 2. The number of aliphatic hydroxyl groups is 1. The standard InChI is InChI=1S/C11H17ClN4O/c12-9-6-15-11(13)16-10(9)14-5-7-2-1-3-8(17)4-7/h6-8,17H,1-5H2,(H3,13,14,15,16). The van der Waals surface area contributed by atoms with Crippen molar-refractivity contribution in [2.75, 3.05) is 17.6 Å². The van der Waals surface area contributed by atoms with Gasteiger partial charge in [0.1, 0.15) is 10.8 Å². The normalized spacial score (nSPS) is 24.6. The predicted molar refractivity (Wildman–Crippen MR) is 67.9 cm³/mol. The van der Waals surface area contributed by atoms with Crippen LogP contribution in [0.4, 0.5) is 11.8 Å². The molecule has 94 valence electrons. The van der Waals surface area contributed by atoms with Crippen LogP contribution in [0.2, 0.25) is 5.02 Å². The molecule has 6 heteroatoms. The maximum Gasteiger partial charge on any atom is 0.222 e. The summed E-state index contributed by atoms with van der Waals surface area (Å²) < 4.78 is 0. The van der Waals surface area contributed by atoms with E-state index in [0.717, 1.165) is 32.2 Å². The minimum Gasteiger partial charge on any atom is -0.393 e. The fraction of sp³-hybridized carbons (Fsp3) is 0.636. The molecule has 1 aromatic rings. The molecular formula is C11H17ClN4O. The first-order chi connectivity index (χ1) is 8.15. The van der Waals surface area contributed by atoms with E-state index < -0.39 is 0 Å². The molecule has 4 N–H and O–H groups in total. The van der Waals surface area contributed by atoms with Crippen LogP contribution in [0.25, 0.3) is 0 Å². The largest absolute Gasteiger partial charge is 0.393 e. The Morgan fingerprint density at radius 2 is 2.35 bits per heavy atom. The highest BCUT2D eigenvalue weighted by Crippen LogP contribution is 2.25. The van der Waals surface area contributed by atoms with Crippen molar-refractivity contribution in [2.24, 2.45) is 5.92 Å². The molecule has 0 radical (unpaired) electrons. The van der Waals surface area contributed by atoms with Crippen LogP contribution in [0, 0.1) is 5.92 Å². The van der Waals surface area contributed by atoms with Crippen LogP contribution in [0.1, 0.15) is 25.7 Å². The van der Waals surface area contributed by atoms with Gasteiger partial charge in [-0.05, 0) is 25.2 Å². The molecule has 0 aromatic carbocycles. The molecule has 1 fully saturated rings. The Balaban J connectivity index is 1.90. The van der Waals surface area contributed by atoms with Gasteiger partial charge < -0.3 is 16.2 Å². The van der Waals surface area contributed by atoms with E-state index in [1.807, 2.05) is 0 Å². The van der Waals surface area contributed by atoms with Crippen LogP contribution in [0.3, 0.4) is 0 Å². The highest BCUT2D eigenvalue weighted by molar-refractivity contribution is 6.32. The molecule has 5 nitrogen and oxygen atoms in total. The Morgan fingerprint density at radius 1 is 1.53 bits per heavy atom. The highest BCUT2D eigenvalue weighted by atomic mass is 35.5. The summed E-state index contributed by atoms with van der Waals surface area (Å²) in [6, 6.07) is 0. The average molecular weight is 257 g/mol. The highest BCUT2D eigenvalue weighted by Gasteiger charge is 2.20. The Labute approximate surface area is 105 Å². The van der Waals surface area contributed by atoms with Gasteiger partial charge in [-0.1, -0.05) is 18.0 Å². The number of nitrogens with two attached hydrogens (primary N) is 1. The van der Waals surface area contributed by atoms with E-state index >= 15 is 0 Å². The second kappa shape index (κ2) is 5.51. The molecule has 0 spiro atoms. The SMILES string of the molecule is Nc1ncc(Cl)c(NCC2CCCC(O)C2)n1. The molecule has 0 aliphatic heterocycles. The Hall–Kier alpha value is -1.07. The van der Waals surface area contributed by atoms with Crippen LogP contribution in [0.5, 0.6) is 0 Å². The monoisotopic (exact) mass is 256 g/mol. The van der Waals surface area contributed by atoms with Gasteiger partial charge in [0.05, 0.1) is 12.3 Å². The predicted octanol–water partition coefficient (Wildman–Crippen LogP) is 1.68. The summed E-state index contributed by atoms with van der Waals surface area (Å²) in [6.45, 7) is 0.757. The van der Waals surface area contributed by atoms with Gasteiger partial charge in [-0.3, -0.25) is 0 Å². The fourth-order valence-electron chi connectivity index (χ4n) is 2.19. The molecule has 17 heavy (non-hydrogen) atoms. The van der Waals surface area contributed by atoms with Crippen molar-refractivity contribution < 1.29 is 5.11 Å². The summed E-state index contributed by atoms with van der Waals surface area (Å²) >= 11 is 5.95. The first-order valence-electron chi connectivity index (χ1n) is 5.85. The summed E-state index contributed by atoms with van der Waals surface area (Å²) in [5.74, 6) is 1.24. The van der Waals surface area contributed by atoms with Crippen molar-refractivity contribution in [1.29, 1.82) is 0 Å². The molecular weight excluding hydrogens is 240 g/mol. The van der Waals surface area contributed by atoms with Gasteiger partial charge in [-0.2, -0.15) is 4.98 Å². The fourth-order valence-corrected chi connectivity index (χ4v) is 2.35. The van der Waals surface area contributed by atoms with Gasteiger partial charge in [0, 0.05) is 6.54 Å². The quantitative estimate of drug-likeness (QED) is 0.766. The van der Waals surface area contributed by atoms with Gasteiger partial charge in [-0.15, -0.1) is 0 Å². The maximum atomic E-state index is 9.58. The first kappa shape index (κ1) is 12.4. The lowest BCUT2D eigenvalue weighted by atomic mass is 9.87. The summed E-state index contributed by atoms with van der Waals surface area (Å²) in [5, 5.41) is 13.2. The van der Waals surface area contributed by atoms with Gasteiger partial charge in [0.25, 0.3) is 0 Å². The third-order valence-corrected chi connectivity index (χ3v) is 3.35. The van der Waals surface area contributed by atoms with Gasteiger partial charge >= 0.3 is 0 Å². The molecule has 2 unspecified atom stereocenters. The van der Waals surface area contributed by atoms with E-state index in [2.05, 4.69) is 15.3 Å². The number of aliphatic hydroxyl groups excluding tert-OH is 1. The van der Waals surface area contributed by atoms with E-state index in [9.17, 15) is 5.11 Å². The Morgan fingerprint density at radius 3 is 3.12 bits per heavy atom. The summed E-state index contributed by atoms with van der Waals surface area (Å²) in [4.78, 5) is 7.84. The second-order valence-corrected chi connectivity index (χ2v) is 4.90. The topological polar surface area (TPSA) is 84.1 Å². The first-order valence-corrected chi connectivity index (χ1v) is 6.23. The van der Waals surface area contributed by atoms with Gasteiger partial charge in [0.15, 0.2) is 0 Å². The molecule has 0 bridgehead atoms. The van der Waals surface area contributed by atoms with Gasteiger partial charge in [-0.25, -0.2) is 4.98 Å². The Bertz CT molecular complexity index is 388. The van der Waals surface area contributed by atoms with E-state index in [0.29, 0.717) is 16.8 Å². The van der Waals surface area contributed by atoms with E-state index in [1.54, 1.807) is 0 Å². The van der Waals surface area contributed by atoms with Crippen LogP contribution in [-0.2, 0) is 0 Å². The van der Waals surface area contributed by atoms with Crippen molar-refractivity contribution in [3.63, 3.8) is 0 Å². The number of hydrogen-bond acceptors (Lipinski definition) is 5. The minimum atomic E-state index is -0.165. The number of rotatable bonds is 3. The van der Waals surface area contributed by atoms with E-state index in [-0.39, 0.29) is 12.1 Å². The molecule has 2 rings (SSSR count). The molecule has 1 aliphatic rings. The molecule has 1 heterocycles. The smallest absolute Gasteiger partial charge is 0.222 e. The van der Waals surface area contributed by atoms with Crippen LogP contribution in [0.15, 0.2) is 6.20 Å². The van der Waals surface area contributed by atoms with Crippen LogP contribution in [-0.4, -0.2) is 27.7 Å². The van der Waals surface area contributed by atoms with Crippen LogP contribution >= 0.6 is 11.6 Å². The van der Waals surface area contributed by atoms with Gasteiger partial charge in [0.2, 0.25) is 5.95 Å². The number of anilines is 2. The maximum absolute atomic E-state index is 9.58. The number of nitrogens with one attached hydrogen (secondary N) is 1. The molecule has 1 saturated carbocycles. The van der Waals surface area contributed by atoms with E-state index in [4.69, 9.17) is 17.3 Å². The molecule has 0 amide bonds. The lowest BCUT2D eigenvalue weighted by Gasteiger charge is -2.26. The van der Waals surface area contributed by atoms with Crippen molar-refractivity contribution in [3.05, 3.63) is 11.2 Å². The summed E-state index contributed by atoms with van der Waals surface area (Å²) in [6.07, 6.45) is 5.28.